The van der Waals surface area contributed by atoms with E-state index in [1.54, 1.807) is 53.0 Å². The third-order valence-electron chi connectivity index (χ3n) is 5.11. The number of H-pyrrole nitrogens is 1. The van der Waals surface area contributed by atoms with Gasteiger partial charge in [-0.15, -0.1) is 11.8 Å². The normalized spacial score (nSPS) is 13.8. The van der Waals surface area contributed by atoms with Crippen LogP contribution in [0.4, 0.5) is 5.13 Å². The molecule has 0 saturated carbocycles. The second-order valence-electron chi connectivity index (χ2n) is 7.31. The number of anilines is 1. The number of carbonyl (C=O) groups is 3. The summed E-state index contributed by atoms with van der Waals surface area (Å²) in [5.74, 6) is 0.500. The van der Waals surface area contributed by atoms with E-state index < -0.39 is 0 Å². The largest absolute Gasteiger partial charge is 0.357 e. The Labute approximate surface area is 194 Å². The second kappa shape index (κ2) is 10.0. The van der Waals surface area contributed by atoms with Crippen molar-refractivity contribution >= 4 is 46.0 Å². The first-order valence-corrected chi connectivity index (χ1v) is 12.0. The van der Waals surface area contributed by atoms with E-state index in [4.69, 9.17) is 0 Å². The SMILES string of the molecule is CC(=O)N1CCN(C(=O)c2cccc(CSc3cnc(NC(=O)c4ccc[nH]4)s3)c2)CC1. The summed E-state index contributed by atoms with van der Waals surface area (Å²) in [6, 6.07) is 11.1. The molecular formula is C22H23N5O3S2. The molecule has 0 bridgehead atoms. The van der Waals surface area contributed by atoms with Crippen LogP contribution in [0.3, 0.4) is 0 Å². The van der Waals surface area contributed by atoms with Crippen LogP contribution in [0.2, 0.25) is 0 Å². The second-order valence-corrected chi connectivity index (χ2v) is 9.62. The summed E-state index contributed by atoms with van der Waals surface area (Å²) in [5.41, 5.74) is 2.18. The Morgan fingerprint density at radius 2 is 1.91 bits per heavy atom. The predicted molar refractivity (Wildman–Crippen MR) is 125 cm³/mol. The van der Waals surface area contributed by atoms with Crippen molar-refractivity contribution in [2.75, 3.05) is 31.5 Å². The maximum Gasteiger partial charge on any atom is 0.273 e. The lowest BCUT2D eigenvalue weighted by atomic mass is 10.1. The molecule has 3 heterocycles. The van der Waals surface area contributed by atoms with Gasteiger partial charge in [0.2, 0.25) is 5.91 Å². The van der Waals surface area contributed by atoms with E-state index in [2.05, 4.69) is 15.3 Å². The van der Waals surface area contributed by atoms with Crippen molar-refractivity contribution in [2.24, 2.45) is 0 Å². The van der Waals surface area contributed by atoms with Crippen LogP contribution < -0.4 is 5.32 Å². The zero-order chi connectivity index (χ0) is 22.5. The quantitative estimate of drug-likeness (QED) is 0.540. The highest BCUT2D eigenvalue weighted by molar-refractivity contribution is 8.00. The molecule has 0 atom stereocenters. The van der Waals surface area contributed by atoms with Gasteiger partial charge in [0, 0.05) is 50.6 Å². The lowest BCUT2D eigenvalue weighted by molar-refractivity contribution is -0.130. The van der Waals surface area contributed by atoms with Gasteiger partial charge in [-0.05, 0) is 29.8 Å². The molecule has 1 aliphatic rings. The Morgan fingerprint density at radius 3 is 2.62 bits per heavy atom. The van der Waals surface area contributed by atoms with Crippen LogP contribution in [0, 0.1) is 0 Å². The Balaban J connectivity index is 1.32. The smallest absolute Gasteiger partial charge is 0.273 e. The molecule has 2 aromatic heterocycles. The highest BCUT2D eigenvalue weighted by atomic mass is 32.2. The standard InChI is InChI=1S/C22H23N5O3S2/c1-15(28)26-8-10-27(11-9-26)21(30)17-5-2-4-16(12-17)14-31-19-13-24-22(32-19)25-20(29)18-6-3-7-23-18/h2-7,12-13,23H,8-11,14H2,1H3,(H,24,25,29). The maximum atomic E-state index is 12.9. The van der Waals surface area contributed by atoms with E-state index in [1.165, 1.54) is 11.3 Å². The number of piperazine rings is 1. The number of hydrogen-bond donors (Lipinski definition) is 2. The molecule has 10 heteroatoms. The number of thiazole rings is 1. The third-order valence-corrected chi connectivity index (χ3v) is 7.29. The minimum Gasteiger partial charge on any atom is -0.357 e. The van der Waals surface area contributed by atoms with E-state index in [1.807, 2.05) is 24.3 Å². The van der Waals surface area contributed by atoms with Gasteiger partial charge in [0.05, 0.1) is 10.4 Å². The predicted octanol–water partition coefficient (Wildman–Crippen LogP) is 3.32. The molecule has 8 nitrogen and oxygen atoms in total. The van der Waals surface area contributed by atoms with Crippen molar-refractivity contribution in [2.45, 2.75) is 16.9 Å². The molecule has 4 rings (SSSR count). The van der Waals surface area contributed by atoms with Gasteiger partial charge in [-0.2, -0.15) is 0 Å². The Hall–Kier alpha value is -3.11. The van der Waals surface area contributed by atoms with Crippen LogP contribution in [0.5, 0.6) is 0 Å². The first-order chi connectivity index (χ1) is 15.5. The van der Waals surface area contributed by atoms with Crippen LogP contribution in [-0.2, 0) is 10.5 Å². The van der Waals surface area contributed by atoms with Gasteiger partial charge >= 0.3 is 0 Å². The molecule has 166 valence electrons. The van der Waals surface area contributed by atoms with Gasteiger partial charge in [-0.1, -0.05) is 23.5 Å². The number of amides is 3. The molecule has 0 radical (unpaired) electrons. The average Bonchev–Trinajstić information content (AvgIpc) is 3.50. The first-order valence-electron chi connectivity index (χ1n) is 10.2. The fraction of sp³-hybridized carbons (Fsp3) is 0.273. The summed E-state index contributed by atoms with van der Waals surface area (Å²) >= 11 is 3.02. The molecule has 1 saturated heterocycles. The van der Waals surface area contributed by atoms with E-state index in [0.717, 1.165) is 9.77 Å². The number of thioether (sulfide) groups is 1. The van der Waals surface area contributed by atoms with Crippen molar-refractivity contribution in [1.29, 1.82) is 0 Å². The van der Waals surface area contributed by atoms with Crippen molar-refractivity contribution in [3.8, 4) is 0 Å². The number of carbonyl (C=O) groups excluding carboxylic acids is 3. The van der Waals surface area contributed by atoms with Crippen molar-refractivity contribution in [1.82, 2.24) is 19.8 Å². The van der Waals surface area contributed by atoms with Gasteiger partial charge in [-0.25, -0.2) is 4.98 Å². The minimum atomic E-state index is -0.226. The lowest BCUT2D eigenvalue weighted by Crippen LogP contribution is -2.50. The molecule has 1 fully saturated rings. The average molecular weight is 470 g/mol. The Bertz CT molecular complexity index is 1100. The summed E-state index contributed by atoms with van der Waals surface area (Å²) in [5, 5.41) is 3.32. The molecular weight excluding hydrogens is 446 g/mol. The summed E-state index contributed by atoms with van der Waals surface area (Å²) in [6.45, 7) is 3.81. The third kappa shape index (κ3) is 5.38. The number of nitrogens with zero attached hydrogens (tertiary/aromatic N) is 3. The Kier molecular flexibility index (Phi) is 6.91. The topological polar surface area (TPSA) is 98.4 Å². The minimum absolute atomic E-state index is 0.00726. The first kappa shape index (κ1) is 22.1. The number of hydrogen-bond acceptors (Lipinski definition) is 6. The molecule has 0 unspecified atom stereocenters. The zero-order valence-corrected chi connectivity index (χ0v) is 19.2. The van der Waals surface area contributed by atoms with Crippen LogP contribution in [0.15, 0.2) is 53.0 Å². The van der Waals surface area contributed by atoms with Gasteiger partial charge in [0.1, 0.15) is 5.69 Å². The lowest BCUT2D eigenvalue weighted by Gasteiger charge is -2.34. The summed E-state index contributed by atoms with van der Waals surface area (Å²) in [4.78, 5) is 47.2. The molecule has 0 spiro atoms. The molecule has 3 amide bonds. The monoisotopic (exact) mass is 469 g/mol. The molecule has 1 aromatic carbocycles. The van der Waals surface area contributed by atoms with Gasteiger partial charge in [-0.3, -0.25) is 19.7 Å². The number of nitrogens with one attached hydrogen (secondary N) is 2. The number of benzene rings is 1. The van der Waals surface area contributed by atoms with Gasteiger partial charge in [0.25, 0.3) is 11.8 Å². The molecule has 32 heavy (non-hydrogen) atoms. The molecule has 0 aliphatic carbocycles. The number of rotatable bonds is 6. The molecule has 2 N–H and O–H groups in total. The molecule has 1 aliphatic heterocycles. The fourth-order valence-corrected chi connectivity index (χ4v) is 5.19. The highest BCUT2D eigenvalue weighted by Crippen LogP contribution is 2.31. The van der Waals surface area contributed by atoms with Gasteiger partial charge < -0.3 is 14.8 Å². The van der Waals surface area contributed by atoms with Crippen LogP contribution in [-0.4, -0.2) is 63.7 Å². The Morgan fingerprint density at radius 1 is 1.12 bits per heavy atom. The van der Waals surface area contributed by atoms with Crippen molar-refractivity contribution in [3.05, 3.63) is 65.6 Å². The van der Waals surface area contributed by atoms with E-state index >= 15 is 0 Å². The number of aromatic amines is 1. The van der Waals surface area contributed by atoms with Crippen molar-refractivity contribution < 1.29 is 14.4 Å². The maximum absolute atomic E-state index is 12.9. The van der Waals surface area contributed by atoms with E-state index in [9.17, 15) is 14.4 Å². The van der Waals surface area contributed by atoms with Crippen LogP contribution >= 0.6 is 23.1 Å². The summed E-state index contributed by atoms with van der Waals surface area (Å²) in [7, 11) is 0. The van der Waals surface area contributed by atoms with Gasteiger partial charge in [0.15, 0.2) is 5.13 Å². The van der Waals surface area contributed by atoms with Crippen molar-refractivity contribution in [3.63, 3.8) is 0 Å². The summed E-state index contributed by atoms with van der Waals surface area (Å²) in [6.07, 6.45) is 3.44. The van der Waals surface area contributed by atoms with Crippen LogP contribution in [0.1, 0.15) is 33.3 Å². The zero-order valence-electron chi connectivity index (χ0n) is 17.5. The molecule has 3 aromatic rings. The van der Waals surface area contributed by atoms with Crippen LogP contribution in [0.25, 0.3) is 0 Å². The fourth-order valence-electron chi connectivity index (χ4n) is 3.38. The number of aromatic nitrogens is 2. The summed E-state index contributed by atoms with van der Waals surface area (Å²) < 4.78 is 0.976. The highest BCUT2D eigenvalue weighted by Gasteiger charge is 2.23. The van der Waals surface area contributed by atoms with E-state index in [0.29, 0.717) is 48.3 Å². The van der Waals surface area contributed by atoms with E-state index in [-0.39, 0.29) is 17.7 Å².